The van der Waals surface area contributed by atoms with Gasteiger partial charge in [-0.05, 0) is 23.4 Å². The van der Waals surface area contributed by atoms with Gasteiger partial charge in [-0.2, -0.15) is 0 Å². The number of carboxylic acid groups (broad SMARTS) is 1. The van der Waals surface area contributed by atoms with E-state index in [0.717, 1.165) is 4.88 Å². The van der Waals surface area contributed by atoms with Gasteiger partial charge in [0.2, 0.25) is 0 Å². The molecule has 1 atom stereocenters. The molecule has 1 N–H and O–H groups in total. The van der Waals surface area contributed by atoms with Crippen molar-refractivity contribution in [1.82, 2.24) is 4.90 Å². The number of carboxylic acids is 1. The highest BCUT2D eigenvalue weighted by molar-refractivity contribution is 7.10. The molecule has 1 amide bonds. The van der Waals surface area contributed by atoms with Gasteiger partial charge in [0.15, 0.2) is 6.04 Å². The maximum atomic E-state index is 11.5. The molecule has 1 aromatic heterocycles. The Bertz CT molecular complexity index is 428. The van der Waals surface area contributed by atoms with Gasteiger partial charge in [0.1, 0.15) is 0 Å². The first-order valence-corrected chi connectivity index (χ1v) is 5.66. The summed E-state index contributed by atoms with van der Waals surface area (Å²) in [6.07, 6.45) is 0.0931. The number of methoxy groups -OCH3 is 1. The normalized spacial score (nSPS) is 19.1. The van der Waals surface area contributed by atoms with Crippen molar-refractivity contribution in [3.05, 3.63) is 21.9 Å². The molecule has 0 spiro atoms. The second kappa shape index (κ2) is 4.13. The monoisotopic (exact) mass is 241 g/mol. The lowest BCUT2D eigenvalue weighted by Gasteiger charge is -2.31. The van der Waals surface area contributed by atoms with Gasteiger partial charge in [0.05, 0.1) is 7.11 Å². The van der Waals surface area contributed by atoms with Gasteiger partial charge < -0.3 is 9.84 Å². The highest BCUT2D eigenvalue weighted by Crippen LogP contribution is 2.33. The molecule has 1 unspecified atom stereocenters. The molecule has 0 bridgehead atoms. The number of fused-ring (bicyclic) bond motifs is 1. The highest BCUT2D eigenvalue weighted by Gasteiger charge is 2.37. The zero-order valence-electron chi connectivity index (χ0n) is 8.67. The number of nitrogens with zero attached hydrogens (tertiary/aromatic N) is 1. The highest BCUT2D eigenvalue weighted by atomic mass is 32.1. The van der Waals surface area contributed by atoms with Gasteiger partial charge in [0.25, 0.3) is 0 Å². The van der Waals surface area contributed by atoms with E-state index >= 15 is 0 Å². The Labute approximate surface area is 96.2 Å². The van der Waals surface area contributed by atoms with Crippen LogP contribution in [0, 0.1) is 0 Å². The first-order valence-electron chi connectivity index (χ1n) is 4.78. The first-order chi connectivity index (χ1) is 7.65. The van der Waals surface area contributed by atoms with Crippen molar-refractivity contribution in [2.45, 2.75) is 12.5 Å². The van der Waals surface area contributed by atoms with E-state index in [0.29, 0.717) is 18.5 Å². The van der Waals surface area contributed by atoms with E-state index in [-0.39, 0.29) is 0 Å². The molecule has 0 aliphatic carbocycles. The lowest BCUT2D eigenvalue weighted by molar-refractivity contribution is -0.143. The van der Waals surface area contributed by atoms with Crippen LogP contribution in [-0.4, -0.2) is 35.7 Å². The molecule has 0 fully saturated rings. The number of carbonyl (C=O) groups excluding carboxylic acids is 1. The molecule has 1 aromatic rings. The lowest BCUT2D eigenvalue weighted by atomic mass is 10.0. The van der Waals surface area contributed by atoms with E-state index in [1.54, 1.807) is 6.07 Å². The van der Waals surface area contributed by atoms with Crippen molar-refractivity contribution in [3.63, 3.8) is 0 Å². The summed E-state index contributed by atoms with van der Waals surface area (Å²) in [6, 6.07) is 0.843. The molecule has 5 nitrogen and oxygen atoms in total. The summed E-state index contributed by atoms with van der Waals surface area (Å²) in [5.74, 6) is -1.02. The van der Waals surface area contributed by atoms with Gasteiger partial charge in [-0.15, -0.1) is 11.3 Å². The molecular weight excluding hydrogens is 230 g/mol. The molecule has 0 saturated heterocycles. The van der Waals surface area contributed by atoms with Crippen molar-refractivity contribution in [2.24, 2.45) is 0 Å². The summed E-state index contributed by atoms with van der Waals surface area (Å²) in [6.45, 7) is 0.386. The second-order valence-corrected chi connectivity index (χ2v) is 4.45. The van der Waals surface area contributed by atoms with E-state index < -0.39 is 18.1 Å². The molecule has 16 heavy (non-hydrogen) atoms. The molecule has 0 aromatic carbocycles. The van der Waals surface area contributed by atoms with Crippen LogP contribution in [0.2, 0.25) is 0 Å². The van der Waals surface area contributed by atoms with Crippen LogP contribution in [0.15, 0.2) is 11.4 Å². The minimum Gasteiger partial charge on any atom is -0.479 e. The molecule has 0 saturated carbocycles. The van der Waals surface area contributed by atoms with E-state index in [9.17, 15) is 14.7 Å². The second-order valence-electron chi connectivity index (χ2n) is 3.45. The SMILES string of the molecule is COC(=O)N1CCc2sccc2C1C(=O)O. The third-order valence-electron chi connectivity index (χ3n) is 2.61. The minimum absolute atomic E-state index is 0.386. The van der Waals surface area contributed by atoms with Crippen LogP contribution in [0.5, 0.6) is 0 Å². The molecule has 6 heteroatoms. The number of hydrogen-bond donors (Lipinski definition) is 1. The summed E-state index contributed by atoms with van der Waals surface area (Å²) >= 11 is 1.53. The predicted octanol–water partition coefficient (Wildman–Crippen LogP) is 1.50. The molecule has 1 aliphatic rings. The number of rotatable bonds is 1. The third-order valence-corrected chi connectivity index (χ3v) is 3.61. The van der Waals surface area contributed by atoms with Crippen LogP contribution in [0.3, 0.4) is 0 Å². The van der Waals surface area contributed by atoms with Crippen LogP contribution < -0.4 is 0 Å². The van der Waals surface area contributed by atoms with Crippen LogP contribution in [-0.2, 0) is 16.0 Å². The summed E-state index contributed by atoms with van der Waals surface area (Å²) in [4.78, 5) is 24.9. The Kier molecular flexibility index (Phi) is 2.82. The Hall–Kier alpha value is -1.56. The van der Waals surface area contributed by atoms with Gasteiger partial charge in [0, 0.05) is 11.4 Å². The van der Waals surface area contributed by atoms with Crippen LogP contribution in [0.25, 0.3) is 0 Å². The third kappa shape index (κ3) is 1.65. The summed E-state index contributed by atoms with van der Waals surface area (Å²) in [5, 5.41) is 11.0. The zero-order valence-corrected chi connectivity index (χ0v) is 9.49. The summed E-state index contributed by atoms with van der Waals surface area (Å²) < 4.78 is 4.59. The predicted molar refractivity (Wildman–Crippen MR) is 57.5 cm³/mol. The molecule has 2 heterocycles. The van der Waals surface area contributed by atoms with Crippen molar-refractivity contribution < 1.29 is 19.4 Å². The quantitative estimate of drug-likeness (QED) is 0.809. The maximum Gasteiger partial charge on any atom is 0.410 e. The van der Waals surface area contributed by atoms with Gasteiger partial charge in [-0.25, -0.2) is 9.59 Å². The number of amides is 1. The number of thiophene rings is 1. The molecule has 2 rings (SSSR count). The molecule has 86 valence electrons. The molecular formula is C10H11NO4S. The average molecular weight is 241 g/mol. The fraction of sp³-hybridized carbons (Fsp3) is 0.400. The smallest absolute Gasteiger partial charge is 0.410 e. The lowest BCUT2D eigenvalue weighted by Crippen LogP contribution is -2.42. The van der Waals surface area contributed by atoms with Crippen LogP contribution in [0.1, 0.15) is 16.5 Å². The largest absolute Gasteiger partial charge is 0.479 e. The van der Waals surface area contributed by atoms with Gasteiger partial charge in [-0.3, -0.25) is 4.90 Å². The summed E-state index contributed by atoms with van der Waals surface area (Å²) in [7, 11) is 1.25. The Morgan fingerprint density at radius 3 is 3.00 bits per heavy atom. The van der Waals surface area contributed by atoms with Crippen molar-refractivity contribution in [3.8, 4) is 0 Å². The topological polar surface area (TPSA) is 66.8 Å². The fourth-order valence-electron chi connectivity index (χ4n) is 1.90. The number of carbonyl (C=O) groups is 2. The first kappa shape index (κ1) is 10.9. The zero-order chi connectivity index (χ0) is 11.7. The van der Waals surface area contributed by atoms with E-state index in [1.165, 1.54) is 23.3 Å². The maximum absolute atomic E-state index is 11.5. The molecule has 0 radical (unpaired) electrons. The minimum atomic E-state index is -1.02. The standard InChI is InChI=1S/C10H11NO4S/c1-15-10(14)11-4-2-7-6(3-5-16-7)8(11)9(12)13/h3,5,8H,2,4H2,1H3,(H,12,13). The molecule has 1 aliphatic heterocycles. The van der Waals surface area contributed by atoms with Crippen LogP contribution >= 0.6 is 11.3 Å². The van der Waals surface area contributed by atoms with Crippen molar-refractivity contribution >= 4 is 23.4 Å². The van der Waals surface area contributed by atoms with E-state index in [4.69, 9.17) is 0 Å². The number of hydrogen-bond acceptors (Lipinski definition) is 4. The van der Waals surface area contributed by atoms with E-state index in [1.807, 2.05) is 5.38 Å². The Balaban J connectivity index is 2.38. The van der Waals surface area contributed by atoms with Gasteiger partial charge >= 0.3 is 12.1 Å². The number of ether oxygens (including phenoxy) is 1. The van der Waals surface area contributed by atoms with Crippen molar-refractivity contribution in [2.75, 3.05) is 13.7 Å². The Morgan fingerprint density at radius 2 is 2.38 bits per heavy atom. The number of aliphatic carboxylic acids is 1. The average Bonchev–Trinajstić information content (AvgIpc) is 2.73. The summed E-state index contributed by atoms with van der Waals surface area (Å²) in [5.41, 5.74) is 0.703. The Morgan fingerprint density at radius 1 is 1.62 bits per heavy atom. The van der Waals surface area contributed by atoms with Crippen molar-refractivity contribution in [1.29, 1.82) is 0 Å². The van der Waals surface area contributed by atoms with Crippen LogP contribution in [0.4, 0.5) is 4.79 Å². The van der Waals surface area contributed by atoms with E-state index in [2.05, 4.69) is 4.74 Å². The fourth-order valence-corrected chi connectivity index (χ4v) is 2.80. The van der Waals surface area contributed by atoms with Gasteiger partial charge in [-0.1, -0.05) is 0 Å².